The summed E-state index contributed by atoms with van der Waals surface area (Å²) in [6.07, 6.45) is 0.526. The minimum Gasteiger partial charge on any atom is -0.410 e. The van der Waals surface area contributed by atoms with Gasteiger partial charge in [-0.05, 0) is 36.8 Å². The van der Waals surface area contributed by atoms with Crippen molar-refractivity contribution in [1.29, 1.82) is 0 Å². The highest BCUT2D eigenvalue weighted by atomic mass is 32.2. The van der Waals surface area contributed by atoms with Crippen LogP contribution in [-0.2, 0) is 4.84 Å². The second kappa shape index (κ2) is 10.2. The predicted octanol–water partition coefficient (Wildman–Crippen LogP) is 4.57. The maximum Gasteiger partial charge on any atom is 0.447 e. The van der Waals surface area contributed by atoms with E-state index >= 15 is 0 Å². The summed E-state index contributed by atoms with van der Waals surface area (Å²) in [5.41, 5.74) is 1.07. The number of rotatable bonds is 5. The van der Waals surface area contributed by atoms with E-state index in [0.717, 1.165) is 22.0 Å². The number of ether oxygens (including phenoxy) is 1. The minimum absolute atomic E-state index is 0.331. The fourth-order valence-corrected chi connectivity index (χ4v) is 2.23. The van der Waals surface area contributed by atoms with Gasteiger partial charge >= 0.3 is 12.2 Å². The Bertz CT molecular complexity index is 638. The van der Waals surface area contributed by atoms with E-state index in [1.165, 1.54) is 30.2 Å². The van der Waals surface area contributed by atoms with Gasteiger partial charge in [-0.1, -0.05) is 31.1 Å². The van der Waals surface area contributed by atoms with Crippen molar-refractivity contribution in [3.8, 4) is 5.75 Å². The van der Waals surface area contributed by atoms with Gasteiger partial charge in [0.25, 0.3) is 0 Å². The second-order valence-electron chi connectivity index (χ2n) is 5.34. The molecule has 0 aliphatic heterocycles. The number of benzene rings is 1. The number of carbonyl (C=O) groups excluding carboxylic acids is 2. The molecule has 1 aromatic carbocycles. The molecule has 0 bridgehead atoms. The van der Waals surface area contributed by atoms with Gasteiger partial charge in [0.05, 0.1) is 12.1 Å². The van der Waals surface area contributed by atoms with Crippen LogP contribution in [0, 0.1) is 0 Å². The van der Waals surface area contributed by atoms with Crippen LogP contribution < -0.4 is 4.74 Å². The number of carbonyl (C=O) groups is 2. The number of hydrogen-bond donors (Lipinski definition) is 0. The van der Waals surface area contributed by atoms with Gasteiger partial charge in [-0.15, -0.1) is 11.8 Å². The zero-order valence-electron chi connectivity index (χ0n) is 15.2. The molecule has 0 heterocycles. The summed E-state index contributed by atoms with van der Waals surface area (Å²) in [4.78, 5) is 28.7. The highest BCUT2D eigenvalue weighted by Gasteiger charge is 2.19. The zero-order valence-corrected chi connectivity index (χ0v) is 16.8. The first kappa shape index (κ1) is 21.2. The van der Waals surface area contributed by atoms with E-state index in [0.29, 0.717) is 16.7 Å². The Kier molecular flexibility index (Phi) is 8.64. The van der Waals surface area contributed by atoms with E-state index in [-0.39, 0.29) is 0 Å². The predicted molar refractivity (Wildman–Crippen MR) is 103 cm³/mol. The van der Waals surface area contributed by atoms with E-state index in [1.54, 1.807) is 13.0 Å². The molecule has 0 aliphatic rings. The van der Waals surface area contributed by atoms with Gasteiger partial charge in [0, 0.05) is 14.1 Å². The van der Waals surface area contributed by atoms with Crippen LogP contribution >= 0.6 is 23.9 Å². The summed E-state index contributed by atoms with van der Waals surface area (Å²) in [6, 6.07) is 7.33. The smallest absolute Gasteiger partial charge is 0.410 e. The number of hydrogen-bond acceptors (Lipinski definition) is 7. The van der Waals surface area contributed by atoms with Crippen molar-refractivity contribution in [2.75, 3.05) is 20.4 Å². The average molecular weight is 386 g/mol. The van der Waals surface area contributed by atoms with Crippen molar-refractivity contribution in [2.45, 2.75) is 26.7 Å². The van der Waals surface area contributed by atoms with Gasteiger partial charge in [0.15, 0.2) is 0 Å². The van der Waals surface area contributed by atoms with Crippen LogP contribution in [0.5, 0.6) is 5.75 Å². The average Bonchev–Trinajstić information content (AvgIpc) is 2.59. The first-order valence-corrected chi connectivity index (χ1v) is 9.47. The molecule has 7 nitrogen and oxygen atoms in total. The van der Waals surface area contributed by atoms with Crippen LogP contribution in [0.4, 0.5) is 9.59 Å². The van der Waals surface area contributed by atoms with Crippen LogP contribution in [-0.4, -0.2) is 46.2 Å². The van der Waals surface area contributed by atoms with Crippen molar-refractivity contribution in [3.05, 3.63) is 29.8 Å². The summed E-state index contributed by atoms with van der Waals surface area (Å²) in [5, 5.41) is 4.27. The fraction of sp³-hybridized carbons (Fsp3) is 0.438. The fourth-order valence-electron chi connectivity index (χ4n) is 1.55. The highest BCUT2D eigenvalue weighted by Crippen LogP contribution is 2.22. The topological polar surface area (TPSA) is 71.4 Å². The van der Waals surface area contributed by atoms with Crippen molar-refractivity contribution in [1.82, 2.24) is 8.61 Å². The molecule has 1 aromatic rings. The van der Waals surface area contributed by atoms with E-state index in [1.807, 2.05) is 24.5 Å². The molecular weight excluding hydrogens is 362 g/mol. The van der Waals surface area contributed by atoms with Gasteiger partial charge in [-0.3, -0.25) is 4.84 Å². The molecule has 0 N–H and O–H groups in total. The summed E-state index contributed by atoms with van der Waals surface area (Å²) < 4.78 is 7.65. The maximum absolute atomic E-state index is 12.1. The molecular formula is C16H23N3O4S2. The standard InChI is InChI=1S/C16H23N3O4S2/c1-11(2)13-8-7-9-14(10-13)22-15(20)18(4)25-19(5)16(21)23-17-12(3)24-6/h7-11H,1-6H3/b17-12-. The molecule has 0 unspecified atom stereocenters. The molecule has 0 saturated carbocycles. The van der Waals surface area contributed by atoms with Crippen LogP contribution in [0.15, 0.2) is 29.4 Å². The Morgan fingerprint density at radius 1 is 1.16 bits per heavy atom. The van der Waals surface area contributed by atoms with Crippen molar-refractivity contribution in [2.24, 2.45) is 5.16 Å². The Morgan fingerprint density at radius 2 is 1.80 bits per heavy atom. The number of oxime groups is 1. The molecule has 25 heavy (non-hydrogen) atoms. The van der Waals surface area contributed by atoms with Crippen LogP contribution in [0.2, 0.25) is 0 Å². The Labute approximate surface area is 157 Å². The largest absolute Gasteiger partial charge is 0.447 e. The normalized spacial score (nSPS) is 11.2. The number of thioether (sulfide) groups is 1. The lowest BCUT2D eigenvalue weighted by Gasteiger charge is -2.20. The summed E-state index contributed by atoms with van der Waals surface area (Å²) in [5.74, 6) is 0.783. The van der Waals surface area contributed by atoms with Crippen molar-refractivity contribution >= 4 is 41.1 Å². The number of nitrogens with zero attached hydrogens (tertiary/aromatic N) is 3. The van der Waals surface area contributed by atoms with Crippen molar-refractivity contribution < 1.29 is 19.2 Å². The molecule has 0 aromatic heterocycles. The van der Waals surface area contributed by atoms with E-state index in [4.69, 9.17) is 9.57 Å². The molecule has 2 amide bonds. The molecule has 0 radical (unpaired) electrons. The Morgan fingerprint density at radius 3 is 2.40 bits per heavy atom. The lowest BCUT2D eigenvalue weighted by molar-refractivity contribution is 0.136. The number of amides is 2. The Balaban J connectivity index is 2.58. The quantitative estimate of drug-likeness (QED) is 0.243. The zero-order chi connectivity index (χ0) is 19.0. The first-order valence-electron chi connectivity index (χ1n) is 7.51. The van der Waals surface area contributed by atoms with E-state index in [2.05, 4.69) is 19.0 Å². The van der Waals surface area contributed by atoms with Gasteiger partial charge in [-0.2, -0.15) is 0 Å². The third-order valence-electron chi connectivity index (χ3n) is 3.04. The lowest BCUT2D eigenvalue weighted by Crippen LogP contribution is -2.30. The van der Waals surface area contributed by atoms with E-state index < -0.39 is 12.2 Å². The van der Waals surface area contributed by atoms with Crippen LogP contribution in [0.1, 0.15) is 32.3 Å². The third kappa shape index (κ3) is 7.27. The minimum atomic E-state index is -0.695. The van der Waals surface area contributed by atoms with Gasteiger partial charge < -0.3 is 4.74 Å². The molecule has 0 fully saturated rings. The van der Waals surface area contributed by atoms with Crippen LogP contribution in [0.25, 0.3) is 0 Å². The summed E-state index contributed by atoms with van der Waals surface area (Å²) in [7, 11) is 2.97. The lowest BCUT2D eigenvalue weighted by atomic mass is 10.0. The first-order chi connectivity index (χ1) is 11.7. The van der Waals surface area contributed by atoms with Gasteiger partial charge in [-0.25, -0.2) is 18.2 Å². The highest BCUT2D eigenvalue weighted by molar-refractivity contribution is 8.13. The van der Waals surface area contributed by atoms with Crippen LogP contribution in [0.3, 0.4) is 0 Å². The molecule has 0 saturated heterocycles. The molecule has 0 spiro atoms. The monoisotopic (exact) mass is 385 g/mol. The van der Waals surface area contributed by atoms with E-state index in [9.17, 15) is 9.59 Å². The Hall–Kier alpha value is -1.87. The molecule has 1 rings (SSSR count). The molecule has 138 valence electrons. The van der Waals surface area contributed by atoms with Gasteiger partial charge in [0.2, 0.25) is 0 Å². The van der Waals surface area contributed by atoms with Crippen molar-refractivity contribution in [3.63, 3.8) is 0 Å². The van der Waals surface area contributed by atoms with Gasteiger partial charge in [0.1, 0.15) is 10.8 Å². The molecule has 0 aliphatic carbocycles. The maximum atomic E-state index is 12.1. The second-order valence-corrected chi connectivity index (χ2v) is 7.60. The SMILES string of the molecule is CS/C(C)=N\OC(=O)N(C)SN(C)C(=O)Oc1cccc(C(C)C)c1. The third-order valence-corrected chi connectivity index (χ3v) is 4.49. The molecule has 9 heteroatoms. The summed E-state index contributed by atoms with van der Waals surface area (Å²) >= 11 is 2.21. The molecule has 0 atom stereocenters. The summed E-state index contributed by atoms with van der Waals surface area (Å²) in [6.45, 7) is 5.84.